The summed E-state index contributed by atoms with van der Waals surface area (Å²) in [5, 5.41) is 0. The summed E-state index contributed by atoms with van der Waals surface area (Å²) in [6.45, 7) is 3.48. The van der Waals surface area contributed by atoms with Crippen LogP contribution in [0.4, 0.5) is 0 Å². The van der Waals surface area contributed by atoms with Crippen molar-refractivity contribution >= 4 is 5.97 Å². The minimum atomic E-state index is -1.10. The molecule has 1 saturated heterocycles. The molecule has 0 amide bonds. The first kappa shape index (κ1) is 13.1. The van der Waals surface area contributed by atoms with Crippen molar-refractivity contribution in [3.05, 3.63) is 35.9 Å². The number of nitrogens with two attached hydrogens (primary N) is 1. The first-order valence-corrected chi connectivity index (χ1v) is 6.20. The molecule has 18 heavy (non-hydrogen) atoms. The van der Waals surface area contributed by atoms with E-state index < -0.39 is 5.54 Å². The average molecular weight is 249 g/mol. The maximum atomic E-state index is 12.0. The minimum absolute atomic E-state index is 0.306. The maximum Gasteiger partial charge on any atom is 0.330 e. The van der Waals surface area contributed by atoms with Gasteiger partial charge in [0.05, 0.1) is 13.2 Å². The Morgan fingerprint density at radius 2 is 2.22 bits per heavy atom. The van der Waals surface area contributed by atoms with Gasteiger partial charge in [-0.15, -0.1) is 0 Å². The van der Waals surface area contributed by atoms with Gasteiger partial charge in [-0.3, -0.25) is 0 Å². The summed E-state index contributed by atoms with van der Waals surface area (Å²) < 4.78 is 10.5. The molecule has 1 aromatic rings. The van der Waals surface area contributed by atoms with Gasteiger partial charge in [-0.1, -0.05) is 30.3 Å². The predicted octanol–water partition coefficient (Wildman–Crippen LogP) is 1.44. The van der Waals surface area contributed by atoms with Gasteiger partial charge in [0, 0.05) is 12.5 Å². The minimum Gasteiger partial charge on any atom is -0.464 e. The summed E-state index contributed by atoms with van der Waals surface area (Å²) in [6.07, 6.45) is 0.944. The van der Waals surface area contributed by atoms with E-state index in [-0.39, 0.29) is 5.97 Å². The molecule has 0 radical (unpaired) electrons. The lowest BCUT2D eigenvalue weighted by Crippen LogP contribution is -2.43. The Morgan fingerprint density at radius 3 is 2.83 bits per heavy atom. The predicted molar refractivity (Wildman–Crippen MR) is 67.9 cm³/mol. The quantitative estimate of drug-likeness (QED) is 0.820. The Balaban J connectivity index is 1.94. The molecule has 4 heteroatoms. The van der Waals surface area contributed by atoms with Gasteiger partial charge in [0.2, 0.25) is 0 Å². The smallest absolute Gasteiger partial charge is 0.330 e. The third-order valence-corrected chi connectivity index (χ3v) is 3.27. The second kappa shape index (κ2) is 5.50. The zero-order valence-corrected chi connectivity index (χ0v) is 10.6. The fraction of sp³-hybridized carbons (Fsp3) is 0.500. The zero-order chi connectivity index (χ0) is 13.0. The first-order chi connectivity index (χ1) is 8.60. The van der Waals surface area contributed by atoms with Crippen molar-refractivity contribution in [3.63, 3.8) is 0 Å². The van der Waals surface area contributed by atoms with Gasteiger partial charge in [0.15, 0.2) is 0 Å². The number of hydrogen-bond donors (Lipinski definition) is 1. The lowest BCUT2D eigenvalue weighted by molar-refractivity contribution is -0.151. The SMILES string of the molecule is CC(N)(C(=O)OCC1CCOC1)c1ccccc1. The fourth-order valence-electron chi connectivity index (χ4n) is 1.96. The van der Waals surface area contributed by atoms with Crippen molar-refractivity contribution < 1.29 is 14.3 Å². The van der Waals surface area contributed by atoms with E-state index in [9.17, 15) is 4.79 Å². The number of rotatable bonds is 4. The highest BCUT2D eigenvalue weighted by Gasteiger charge is 2.32. The Morgan fingerprint density at radius 1 is 1.50 bits per heavy atom. The largest absolute Gasteiger partial charge is 0.464 e. The highest BCUT2D eigenvalue weighted by Crippen LogP contribution is 2.20. The molecule has 1 aliphatic heterocycles. The van der Waals surface area contributed by atoms with Crippen LogP contribution in [0.2, 0.25) is 0 Å². The summed E-state index contributed by atoms with van der Waals surface area (Å²) in [5.74, 6) is -0.0823. The van der Waals surface area contributed by atoms with Crippen molar-refractivity contribution in [1.29, 1.82) is 0 Å². The molecule has 0 bridgehead atoms. The van der Waals surface area contributed by atoms with Gasteiger partial charge < -0.3 is 15.2 Å². The number of hydrogen-bond acceptors (Lipinski definition) is 4. The fourth-order valence-corrected chi connectivity index (χ4v) is 1.96. The van der Waals surface area contributed by atoms with E-state index in [1.807, 2.05) is 30.3 Å². The van der Waals surface area contributed by atoms with Crippen LogP contribution in [0.5, 0.6) is 0 Å². The lowest BCUT2D eigenvalue weighted by atomic mass is 9.93. The van der Waals surface area contributed by atoms with Crippen LogP contribution in [0.3, 0.4) is 0 Å². The Labute approximate surface area is 107 Å². The molecular weight excluding hydrogens is 230 g/mol. The van der Waals surface area contributed by atoms with Crippen LogP contribution in [0.15, 0.2) is 30.3 Å². The van der Waals surface area contributed by atoms with E-state index in [0.717, 1.165) is 18.6 Å². The van der Waals surface area contributed by atoms with Crippen LogP contribution >= 0.6 is 0 Å². The van der Waals surface area contributed by atoms with Gasteiger partial charge in [-0.05, 0) is 18.9 Å². The summed E-state index contributed by atoms with van der Waals surface area (Å²) in [6, 6.07) is 9.28. The van der Waals surface area contributed by atoms with Crippen LogP contribution in [0.25, 0.3) is 0 Å². The van der Waals surface area contributed by atoms with Gasteiger partial charge in [-0.2, -0.15) is 0 Å². The molecule has 1 aromatic carbocycles. The molecule has 2 N–H and O–H groups in total. The Kier molecular flexibility index (Phi) is 3.99. The van der Waals surface area contributed by atoms with Crippen molar-refractivity contribution in [2.75, 3.05) is 19.8 Å². The molecule has 0 aromatic heterocycles. The van der Waals surface area contributed by atoms with Gasteiger partial charge in [0.25, 0.3) is 0 Å². The van der Waals surface area contributed by atoms with Crippen LogP contribution in [0.1, 0.15) is 18.9 Å². The average Bonchev–Trinajstić information content (AvgIpc) is 2.90. The van der Waals surface area contributed by atoms with Crippen molar-refractivity contribution in [3.8, 4) is 0 Å². The maximum absolute atomic E-state index is 12.0. The Hall–Kier alpha value is -1.39. The van der Waals surface area contributed by atoms with Crippen LogP contribution in [-0.2, 0) is 19.8 Å². The van der Waals surface area contributed by atoms with Crippen molar-refractivity contribution in [1.82, 2.24) is 0 Å². The van der Waals surface area contributed by atoms with Crippen LogP contribution < -0.4 is 5.73 Å². The van der Waals surface area contributed by atoms with Gasteiger partial charge >= 0.3 is 5.97 Å². The summed E-state index contributed by atoms with van der Waals surface area (Å²) in [4.78, 5) is 12.0. The van der Waals surface area contributed by atoms with Gasteiger partial charge in [-0.25, -0.2) is 4.79 Å². The molecule has 0 spiro atoms. The summed E-state index contributed by atoms with van der Waals surface area (Å²) in [5.41, 5.74) is 5.73. The highest BCUT2D eigenvalue weighted by molar-refractivity contribution is 5.81. The highest BCUT2D eigenvalue weighted by atomic mass is 16.5. The van der Waals surface area contributed by atoms with E-state index in [4.69, 9.17) is 15.2 Å². The van der Waals surface area contributed by atoms with Crippen molar-refractivity contribution in [2.24, 2.45) is 11.7 Å². The lowest BCUT2D eigenvalue weighted by Gasteiger charge is -2.23. The third kappa shape index (κ3) is 2.89. The molecule has 4 nitrogen and oxygen atoms in total. The molecule has 1 heterocycles. The molecule has 1 aliphatic rings. The van der Waals surface area contributed by atoms with Crippen LogP contribution in [-0.4, -0.2) is 25.8 Å². The molecule has 1 fully saturated rings. The van der Waals surface area contributed by atoms with Crippen LogP contribution in [0, 0.1) is 5.92 Å². The standard InChI is InChI=1S/C14H19NO3/c1-14(15,12-5-3-2-4-6-12)13(16)18-10-11-7-8-17-9-11/h2-6,11H,7-10,15H2,1H3. The molecule has 2 unspecified atom stereocenters. The molecule has 2 rings (SSSR count). The molecule has 2 atom stereocenters. The number of carbonyl (C=O) groups is 1. The second-order valence-electron chi connectivity index (χ2n) is 4.90. The monoisotopic (exact) mass is 249 g/mol. The zero-order valence-electron chi connectivity index (χ0n) is 10.6. The molecule has 0 saturated carbocycles. The van der Waals surface area contributed by atoms with E-state index in [2.05, 4.69) is 0 Å². The Bertz CT molecular complexity index is 397. The van der Waals surface area contributed by atoms with E-state index in [1.54, 1.807) is 6.92 Å². The summed E-state index contributed by atoms with van der Waals surface area (Å²) >= 11 is 0. The number of esters is 1. The number of carbonyl (C=O) groups excluding carboxylic acids is 1. The molecule has 98 valence electrons. The number of benzene rings is 1. The molecular formula is C14H19NO3. The topological polar surface area (TPSA) is 61.6 Å². The second-order valence-corrected chi connectivity index (χ2v) is 4.90. The summed E-state index contributed by atoms with van der Waals surface area (Å²) in [7, 11) is 0. The van der Waals surface area contributed by atoms with Crippen molar-refractivity contribution in [2.45, 2.75) is 18.9 Å². The first-order valence-electron chi connectivity index (χ1n) is 6.20. The van der Waals surface area contributed by atoms with E-state index in [1.165, 1.54) is 0 Å². The molecule has 0 aliphatic carbocycles. The van der Waals surface area contributed by atoms with E-state index in [0.29, 0.717) is 19.1 Å². The third-order valence-electron chi connectivity index (χ3n) is 3.27. The van der Waals surface area contributed by atoms with E-state index >= 15 is 0 Å². The van der Waals surface area contributed by atoms with Gasteiger partial charge in [0.1, 0.15) is 5.54 Å². The number of ether oxygens (including phenoxy) is 2. The normalized spacial score (nSPS) is 22.4.